The number of rotatable bonds is 4. The zero-order valence-corrected chi connectivity index (χ0v) is 11.4. The molecule has 2 unspecified atom stereocenters. The lowest BCUT2D eigenvalue weighted by atomic mass is 10.0. The SMILES string of the molecule is CC(NC(=O)C1CC(c2ccccc2)=NO1)c1nn[nH]n1. The van der Waals surface area contributed by atoms with Gasteiger partial charge in [0.05, 0.1) is 11.8 Å². The van der Waals surface area contributed by atoms with E-state index in [4.69, 9.17) is 4.84 Å². The molecule has 0 fully saturated rings. The first-order chi connectivity index (χ1) is 10.2. The number of benzene rings is 1. The second-order valence-corrected chi connectivity index (χ2v) is 4.70. The summed E-state index contributed by atoms with van der Waals surface area (Å²) < 4.78 is 0. The molecule has 1 aromatic carbocycles. The number of H-pyrrole nitrogens is 1. The average molecular weight is 286 g/mol. The van der Waals surface area contributed by atoms with Crippen LogP contribution in [0.5, 0.6) is 0 Å². The van der Waals surface area contributed by atoms with Crippen molar-refractivity contribution in [2.75, 3.05) is 0 Å². The summed E-state index contributed by atoms with van der Waals surface area (Å²) in [6.07, 6.45) is -0.191. The van der Waals surface area contributed by atoms with Crippen LogP contribution < -0.4 is 5.32 Å². The lowest BCUT2D eigenvalue weighted by Gasteiger charge is -2.12. The molecule has 0 radical (unpaired) electrons. The van der Waals surface area contributed by atoms with Gasteiger partial charge >= 0.3 is 0 Å². The second kappa shape index (κ2) is 5.70. The molecule has 0 saturated heterocycles. The highest BCUT2D eigenvalue weighted by Gasteiger charge is 2.30. The van der Waals surface area contributed by atoms with Crippen molar-refractivity contribution in [2.45, 2.75) is 25.5 Å². The zero-order chi connectivity index (χ0) is 14.7. The fourth-order valence-corrected chi connectivity index (χ4v) is 2.04. The lowest BCUT2D eigenvalue weighted by Crippen LogP contribution is -2.36. The van der Waals surface area contributed by atoms with Crippen molar-refractivity contribution in [3.05, 3.63) is 41.7 Å². The minimum atomic E-state index is -0.630. The normalized spacial score (nSPS) is 18.7. The van der Waals surface area contributed by atoms with Crippen molar-refractivity contribution in [1.82, 2.24) is 25.9 Å². The van der Waals surface area contributed by atoms with Gasteiger partial charge in [0.25, 0.3) is 5.91 Å². The monoisotopic (exact) mass is 286 g/mol. The van der Waals surface area contributed by atoms with E-state index in [0.717, 1.165) is 11.3 Å². The molecule has 0 saturated carbocycles. The van der Waals surface area contributed by atoms with Gasteiger partial charge < -0.3 is 10.2 Å². The summed E-state index contributed by atoms with van der Waals surface area (Å²) in [5.74, 6) is 0.174. The number of carbonyl (C=O) groups is 1. The Kier molecular flexibility index (Phi) is 3.59. The lowest BCUT2D eigenvalue weighted by molar-refractivity contribution is -0.131. The highest BCUT2D eigenvalue weighted by molar-refractivity contribution is 6.04. The van der Waals surface area contributed by atoms with Crippen molar-refractivity contribution < 1.29 is 9.63 Å². The molecule has 3 rings (SSSR count). The van der Waals surface area contributed by atoms with Gasteiger partial charge in [0, 0.05) is 6.42 Å². The Labute approximate surface area is 120 Å². The number of nitrogens with one attached hydrogen (secondary N) is 2. The molecule has 1 amide bonds. The fourth-order valence-electron chi connectivity index (χ4n) is 2.04. The van der Waals surface area contributed by atoms with Gasteiger partial charge in [-0.3, -0.25) is 4.79 Å². The molecule has 0 bridgehead atoms. The van der Waals surface area contributed by atoms with Gasteiger partial charge in [-0.15, -0.1) is 10.2 Å². The van der Waals surface area contributed by atoms with Gasteiger partial charge in [-0.1, -0.05) is 40.7 Å². The third-order valence-corrected chi connectivity index (χ3v) is 3.18. The van der Waals surface area contributed by atoms with E-state index in [1.54, 1.807) is 6.92 Å². The van der Waals surface area contributed by atoms with Crippen LogP contribution in [-0.2, 0) is 9.63 Å². The van der Waals surface area contributed by atoms with Gasteiger partial charge in [0.15, 0.2) is 5.82 Å². The topological polar surface area (TPSA) is 105 Å². The minimum Gasteiger partial charge on any atom is -0.382 e. The summed E-state index contributed by atoms with van der Waals surface area (Å²) in [6.45, 7) is 1.77. The second-order valence-electron chi connectivity index (χ2n) is 4.70. The Morgan fingerprint density at radius 1 is 1.43 bits per heavy atom. The molecule has 2 atom stereocenters. The Bertz CT molecular complexity index is 640. The number of aromatic nitrogens is 4. The maximum Gasteiger partial charge on any atom is 0.264 e. The number of nitrogens with zero attached hydrogens (tertiary/aromatic N) is 4. The predicted molar refractivity (Wildman–Crippen MR) is 73.2 cm³/mol. The van der Waals surface area contributed by atoms with Gasteiger partial charge in [-0.25, -0.2) is 0 Å². The first kappa shape index (κ1) is 13.2. The van der Waals surface area contributed by atoms with Gasteiger partial charge in [-0.2, -0.15) is 5.21 Å². The standard InChI is InChI=1S/C13H14N6O2/c1-8(12-15-18-19-16-12)14-13(20)11-7-10(17-21-11)9-5-3-2-4-6-9/h2-6,8,11H,7H2,1H3,(H,14,20)(H,15,16,18,19). The van der Waals surface area contributed by atoms with Crippen molar-refractivity contribution in [1.29, 1.82) is 0 Å². The molecule has 0 spiro atoms. The maximum absolute atomic E-state index is 12.1. The number of carbonyl (C=O) groups excluding carboxylic acids is 1. The van der Waals surface area contributed by atoms with Gasteiger partial charge in [0.1, 0.15) is 0 Å². The summed E-state index contributed by atoms with van der Waals surface area (Å²) in [6, 6.07) is 9.29. The predicted octanol–water partition coefficient (Wildman–Crippen LogP) is 0.570. The van der Waals surface area contributed by atoms with Crippen molar-refractivity contribution >= 4 is 11.6 Å². The van der Waals surface area contributed by atoms with Crippen LogP contribution in [0.4, 0.5) is 0 Å². The van der Waals surface area contributed by atoms with E-state index in [-0.39, 0.29) is 11.9 Å². The summed E-state index contributed by atoms with van der Waals surface area (Å²) in [4.78, 5) is 17.3. The van der Waals surface area contributed by atoms with Crippen LogP contribution in [-0.4, -0.2) is 38.3 Å². The number of aromatic amines is 1. The summed E-state index contributed by atoms with van der Waals surface area (Å²) >= 11 is 0. The molecule has 21 heavy (non-hydrogen) atoms. The Morgan fingerprint density at radius 2 is 2.24 bits per heavy atom. The molecule has 8 heteroatoms. The molecule has 1 aliphatic heterocycles. The number of amides is 1. The molecule has 2 N–H and O–H groups in total. The van der Waals surface area contributed by atoms with Crippen LogP contribution in [0.3, 0.4) is 0 Å². The Morgan fingerprint density at radius 3 is 2.95 bits per heavy atom. The highest BCUT2D eigenvalue weighted by atomic mass is 16.6. The summed E-state index contributed by atoms with van der Waals surface area (Å²) in [5.41, 5.74) is 1.72. The van der Waals surface area contributed by atoms with E-state index < -0.39 is 6.10 Å². The number of hydrogen-bond acceptors (Lipinski definition) is 6. The summed E-state index contributed by atoms with van der Waals surface area (Å²) in [7, 11) is 0. The van der Waals surface area contributed by atoms with Crippen molar-refractivity contribution in [3.63, 3.8) is 0 Å². The quantitative estimate of drug-likeness (QED) is 0.854. The molecule has 1 aromatic heterocycles. The molecular formula is C13H14N6O2. The van der Waals surface area contributed by atoms with Gasteiger partial charge in [0.2, 0.25) is 6.10 Å². The first-order valence-corrected chi connectivity index (χ1v) is 6.56. The van der Waals surface area contributed by atoms with Crippen LogP contribution in [0, 0.1) is 0 Å². The van der Waals surface area contributed by atoms with Crippen molar-refractivity contribution in [3.8, 4) is 0 Å². The van der Waals surface area contributed by atoms with E-state index in [1.165, 1.54) is 0 Å². The van der Waals surface area contributed by atoms with Crippen LogP contribution in [0.2, 0.25) is 0 Å². The van der Waals surface area contributed by atoms with Crippen LogP contribution in [0.25, 0.3) is 0 Å². The smallest absolute Gasteiger partial charge is 0.264 e. The van der Waals surface area contributed by atoms with Crippen molar-refractivity contribution in [2.24, 2.45) is 5.16 Å². The molecule has 108 valence electrons. The first-order valence-electron chi connectivity index (χ1n) is 6.56. The van der Waals surface area contributed by atoms with E-state index >= 15 is 0 Å². The van der Waals surface area contributed by atoms with Gasteiger partial charge in [-0.05, 0) is 12.5 Å². The molecule has 1 aliphatic rings. The summed E-state index contributed by atoms with van der Waals surface area (Å²) in [5, 5.41) is 20.2. The minimum absolute atomic E-state index is 0.248. The number of tetrazole rings is 1. The molecule has 0 aliphatic carbocycles. The van der Waals surface area contributed by atoms with Crippen LogP contribution in [0.15, 0.2) is 35.5 Å². The van der Waals surface area contributed by atoms with E-state index in [1.807, 2.05) is 30.3 Å². The fraction of sp³-hybridized carbons (Fsp3) is 0.308. The Balaban J connectivity index is 1.59. The van der Waals surface area contributed by atoms with Crippen LogP contribution >= 0.6 is 0 Å². The van der Waals surface area contributed by atoms with E-state index in [0.29, 0.717) is 12.2 Å². The Hall–Kier alpha value is -2.77. The molecule has 2 heterocycles. The average Bonchev–Trinajstić information content (AvgIpc) is 3.20. The molecular weight excluding hydrogens is 272 g/mol. The molecule has 2 aromatic rings. The molecule has 8 nitrogen and oxygen atoms in total. The third-order valence-electron chi connectivity index (χ3n) is 3.18. The largest absolute Gasteiger partial charge is 0.382 e. The van der Waals surface area contributed by atoms with E-state index in [9.17, 15) is 4.79 Å². The van der Waals surface area contributed by atoms with E-state index in [2.05, 4.69) is 31.1 Å². The van der Waals surface area contributed by atoms with Crippen LogP contribution in [0.1, 0.15) is 30.8 Å². The maximum atomic E-state index is 12.1. The number of hydrogen-bond donors (Lipinski definition) is 2. The third kappa shape index (κ3) is 2.88. The number of oxime groups is 1. The zero-order valence-electron chi connectivity index (χ0n) is 11.4. The highest BCUT2D eigenvalue weighted by Crippen LogP contribution is 2.17.